The molecule has 106 valence electrons. The number of rotatable bonds is 3. The van der Waals surface area contributed by atoms with Gasteiger partial charge in [-0.25, -0.2) is 9.37 Å². The molecule has 1 aromatic heterocycles. The van der Waals surface area contributed by atoms with Gasteiger partial charge < -0.3 is 9.84 Å². The van der Waals surface area contributed by atoms with Crippen molar-refractivity contribution in [2.45, 2.75) is 13.5 Å². The van der Waals surface area contributed by atoms with Gasteiger partial charge >= 0.3 is 0 Å². The fourth-order valence-corrected chi connectivity index (χ4v) is 2.20. The molecule has 0 aliphatic carbocycles. The summed E-state index contributed by atoms with van der Waals surface area (Å²) in [5.74, 6) is 0.620. The minimum Gasteiger partial charge on any atom is -0.439 e. The molecule has 21 heavy (non-hydrogen) atoms. The molecule has 0 saturated heterocycles. The Morgan fingerprint density at radius 2 is 1.95 bits per heavy atom. The second-order valence-corrected chi connectivity index (χ2v) is 4.81. The smallest absolute Gasteiger partial charge is 0.220 e. The predicted octanol–water partition coefficient (Wildman–Crippen LogP) is 3.97. The van der Waals surface area contributed by atoms with Gasteiger partial charge in [0.05, 0.1) is 12.1 Å². The Kier molecular flexibility index (Phi) is 3.54. The first kappa shape index (κ1) is 13.5. The number of pyridine rings is 1. The Hall–Kier alpha value is -2.46. The van der Waals surface area contributed by atoms with Crippen molar-refractivity contribution in [1.82, 2.24) is 4.98 Å². The summed E-state index contributed by atoms with van der Waals surface area (Å²) in [4.78, 5) is 4.40. The Balaban J connectivity index is 2.02. The van der Waals surface area contributed by atoms with E-state index in [9.17, 15) is 9.50 Å². The van der Waals surface area contributed by atoms with Crippen molar-refractivity contribution >= 4 is 10.9 Å². The molecule has 0 amide bonds. The van der Waals surface area contributed by atoms with E-state index in [0.29, 0.717) is 17.2 Å². The first-order valence-electron chi connectivity index (χ1n) is 6.61. The summed E-state index contributed by atoms with van der Waals surface area (Å²) in [5.41, 5.74) is 2.00. The molecule has 0 atom stereocenters. The van der Waals surface area contributed by atoms with Gasteiger partial charge in [-0.05, 0) is 42.3 Å². The van der Waals surface area contributed by atoms with Gasteiger partial charge in [-0.1, -0.05) is 18.2 Å². The fraction of sp³-hybridized carbons (Fsp3) is 0.118. The van der Waals surface area contributed by atoms with E-state index in [1.54, 1.807) is 25.1 Å². The second kappa shape index (κ2) is 5.50. The lowest BCUT2D eigenvalue weighted by Gasteiger charge is -2.09. The number of benzene rings is 2. The van der Waals surface area contributed by atoms with Crippen LogP contribution in [0.2, 0.25) is 0 Å². The quantitative estimate of drug-likeness (QED) is 0.791. The lowest BCUT2D eigenvalue weighted by atomic mass is 10.1. The van der Waals surface area contributed by atoms with Crippen LogP contribution in [-0.4, -0.2) is 10.1 Å². The number of aliphatic hydroxyl groups is 1. The molecule has 0 radical (unpaired) electrons. The first-order valence-corrected chi connectivity index (χ1v) is 6.61. The monoisotopic (exact) mass is 283 g/mol. The number of ether oxygens (including phenoxy) is 1. The molecule has 0 bridgehead atoms. The van der Waals surface area contributed by atoms with Gasteiger partial charge in [0.1, 0.15) is 11.6 Å². The third kappa shape index (κ3) is 2.71. The largest absolute Gasteiger partial charge is 0.439 e. The van der Waals surface area contributed by atoms with E-state index in [0.717, 1.165) is 16.5 Å². The Bertz CT molecular complexity index is 802. The van der Waals surface area contributed by atoms with Crippen LogP contribution >= 0.6 is 0 Å². The number of nitrogens with zero attached hydrogens (tertiary/aromatic N) is 1. The second-order valence-electron chi connectivity index (χ2n) is 4.81. The number of hydrogen-bond donors (Lipinski definition) is 1. The van der Waals surface area contributed by atoms with Crippen LogP contribution in [0.1, 0.15) is 11.1 Å². The third-order valence-corrected chi connectivity index (χ3v) is 3.30. The SMILES string of the molecule is Cc1cc(Oc2cc(CO)c3ccccc3n2)ccc1F. The molecule has 0 fully saturated rings. The summed E-state index contributed by atoms with van der Waals surface area (Å²) >= 11 is 0. The van der Waals surface area contributed by atoms with Crippen molar-refractivity contribution in [1.29, 1.82) is 0 Å². The number of aliphatic hydroxyl groups excluding tert-OH is 1. The normalized spacial score (nSPS) is 10.8. The maximum Gasteiger partial charge on any atom is 0.220 e. The number of halogens is 1. The molecule has 2 aromatic carbocycles. The molecular weight excluding hydrogens is 269 g/mol. The highest BCUT2D eigenvalue weighted by molar-refractivity contribution is 5.82. The van der Waals surface area contributed by atoms with Crippen molar-refractivity contribution in [2.24, 2.45) is 0 Å². The lowest BCUT2D eigenvalue weighted by Crippen LogP contribution is -1.94. The maximum atomic E-state index is 13.3. The van der Waals surface area contributed by atoms with Crippen molar-refractivity contribution in [2.75, 3.05) is 0 Å². The highest BCUT2D eigenvalue weighted by Crippen LogP contribution is 2.26. The highest BCUT2D eigenvalue weighted by atomic mass is 19.1. The maximum absolute atomic E-state index is 13.3. The molecule has 0 aliphatic heterocycles. The number of hydrogen-bond acceptors (Lipinski definition) is 3. The third-order valence-electron chi connectivity index (χ3n) is 3.30. The van der Waals surface area contributed by atoms with E-state index in [2.05, 4.69) is 4.98 Å². The van der Waals surface area contributed by atoms with Crippen molar-refractivity contribution < 1.29 is 14.2 Å². The summed E-state index contributed by atoms with van der Waals surface area (Å²) in [6, 6.07) is 13.8. The van der Waals surface area contributed by atoms with Crippen LogP contribution in [0.25, 0.3) is 10.9 Å². The number of para-hydroxylation sites is 1. The standard InChI is InChI=1S/C17H14FNO2/c1-11-8-13(6-7-15(11)18)21-17-9-12(10-20)14-4-2-3-5-16(14)19-17/h2-9,20H,10H2,1H3. The molecule has 4 heteroatoms. The van der Waals surface area contributed by atoms with Crippen molar-refractivity contribution in [3.8, 4) is 11.6 Å². The van der Waals surface area contributed by atoms with E-state index in [4.69, 9.17) is 4.74 Å². The van der Waals surface area contributed by atoms with Crippen LogP contribution < -0.4 is 4.74 Å². The van der Waals surface area contributed by atoms with Gasteiger partial charge in [0.25, 0.3) is 0 Å². The van der Waals surface area contributed by atoms with Gasteiger partial charge in [0.15, 0.2) is 0 Å². The van der Waals surface area contributed by atoms with Gasteiger partial charge in [0.2, 0.25) is 5.88 Å². The topological polar surface area (TPSA) is 42.4 Å². The zero-order valence-corrected chi connectivity index (χ0v) is 11.5. The minimum atomic E-state index is -0.273. The summed E-state index contributed by atoms with van der Waals surface area (Å²) in [6.07, 6.45) is 0. The van der Waals surface area contributed by atoms with Gasteiger partial charge in [-0.15, -0.1) is 0 Å². The molecule has 1 N–H and O–H groups in total. The van der Waals surface area contributed by atoms with Gasteiger partial charge in [0, 0.05) is 11.5 Å². The summed E-state index contributed by atoms with van der Waals surface area (Å²) in [6.45, 7) is 1.58. The molecule has 3 rings (SSSR count). The van der Waals surface area contributed by atoms with Crippen LogP contribution in [0.5, 0.6) is 11.6 Å². The number of aromatic nitrogens is 1. The van der Waals surface area contributed by atoms with E-state index >= 15 is 0 Å². The van der Waals surface area contributed by atoms with Crippen LogP contribution in [-0.2, 0) is 6.61 Å². The molecule has 3 aromatic rings. The molecular formula is C17H14FNO2. The molecule has 1 heterocycles. The average molecular weight is 283 g/mol. The first-order chi connectivity index (χ1) is 10.2. The van der Waals surface area contributed by atoms with E-state index in [1.165, 1.54) is 6.07 Å². The summed E-state index contributed by atoms with van der Waals surface area (Å²) < 4.78 is 18.9. The highest BCUT2D eigenvalue weighted by Gasteiger charge is 2.07. The van der Waals surface area contributed by atoms with E-state index < -0.39 is 0 Å². The molecule has 0 saturated carbocycles. The molecule has 0 unspecified atom stereocenters. The zero-order valence-electron chi connectivity index (χ0n) is 11.5. The predicted molar refractivity (Wildman–Crippen MR) is 78.9 cm³/mol. The van der Waals surface area contributed by atoms with Crippen molar-refractivity contribution in [3.05, 3.63) is 65.5 Å². The van der Waals surface area contributed by atoms with Gasteiger partial charge in [-0.2, -0.15) is 0 Å². The zero-order chi connectivity index (χ0) is 14.8. The van der Waals surface area contributed by atoms with Crippen LogP contribution in [0.15, 0.2) is 48.5 Å². The van der Waals surface area contributed by atoms with E-state index in [1.807, 2.05) is 24.3 Å². The fourth-order valence-electron chi connectivity index (χ4n) is 2.20. The Labute approximate surface area is 121 Å². The lowest BCUT2D eigenvalue weighted by molar-refractivity contribution is 0.282. The Morgan fingerprint density at radius 1 is 1.14 bits per heavy atom. The van der Waals surface area contributed by atoms with Gasteiger partial charge in [-0.3, -0.25) is 0 Å². The number of fused-ring (bicyclic) bond motifs is 1. The van der Waals surface area contributed by atoms with Crippen LogP contribution in [0, 0.1) is 12.7 Å². The van der Waals surface area contributed by atoms with Crippen molar-refractivity contribution in [3.63, 3.8) is 0 Å². The van der Waals surface area contributed by atoms with Crippen LogP contribution in [0.4, 0.5) is 4.39 Å². The molecule has 3 nitrogen and oxygen atoms in total. The number of aryl methyl sites for hydroxylation is 1. The Morgan fingerprint density at radius 3 is 2.71 bits per heavy atom. The summed E-state index contributed by atoms with van der Waals surface area (Å²) in [5, 5.41) is 10.4. The molecule has 0 aliphatic rings. The summed E-state index contributed by atoms with van der Waals surface area (Å²) in [7, 11) is 0. The average Bonchev–Trinajstić information content (AvgIpc) is 2.50. The minimum absolute atomic E-state index is 0.0954. The van der Waals surface area contributed by atoms with Crippen LogP contribution in [0.3, 0.4) is 0 Å². The molecule has 0 spiro atoms. The van der Waals surface area contributed by atoms with E-state index in [-0.39, 0.29) is 12.4 Å².